The molecule has 31 heavy (non-hydrogen) atoms. The van der Waals surface area contributed by atoms with Crippen molar-refractivity contribution >= 4 is 72.2 Å². The zero-order valence-corrected chi connectivity index (χ0v) is 19.2. The fourth-order valence-corrected chi connectivity index (χ4v) is 3.73. The molecule has 2 aromatic heterocycles. The number of nitro groups is 1. The second-order valence-corrected chi connectivity index (χ2v) is 8.36. The highest BCUT2D eigenvalue weighted by Crippen LogP contribution is 2.37. The minimum atomic E-state index is -0.545. The summed E-state index contributed by atoms with van der Waals surface area (Å²) in [5, 5.41) is 16.0. The van der Waals surface area contributed by atoms with Crippen molar-refractivity contribution in [2.45, 2.75) is 0 Å². The van der Waals surface area contributed by atoms with Gasteiger partial charge < -0.3 is 8.83 Å². The van der Waals surface area contributed by atoms with E-state index in [0.717, 1.165) is 9.86 Å². The summed E-state index contributed by atoms with van der Waals surface area (Å²) in [6.07, 6.45) is 1.30. The molecule has 0 aliphatic rings. The largest absolute Gasteiger partial charge is 0.455 e. The molecule has 156 valence electrons. The van der Waals surface area contributed by atoms with Crippen molar-refractivity contribution < 1.29 is 18.6 Å². The number of hydrogen-bond acceptors (Lipinski definition) is 6. The Kier molecular flexibility index (Phi) is 5.94. The Morgan fingerprint density at radius 2 is 1.94 bits per heavy atom. The van der Waals surface area contributed by atoms with Crippen molar-refractivity contribution in [3.05, 3.63) is 84.1 Å². The minimum Gasteiger partial charge on any atom is -0.455 e. The van der Waals surface area contributed by atoms with Crippen molar-refractivity contribution in [1.82, 2.24) is 5.43 Å². The average molecular weight is 568 g/mol. The molecule has 0 saturated heterocycles. The van der Waals surface area contributed by atoms with Crippen LogP contribution in [0.4, 0.5) is 5.69 Å². The maximum Gasteiger partial charge on any atom is 0.307 e. The summed E-state index contributed by atoms with van der Waals surface area (Å²) >= 11 is 12.5. The maximum absolute atomic E-state index is 12.2. The number of nitrogens with one attached hydrogen (secondary N) is 1. The highest BCUT2D eigenvalue weighted by atomic mass is 79.9. The molecule has 0 spiro atoms. The molecular formula is C20H10Br2ClN3O5. The number of rotatable bonds is 5. The van der Waals surface area contributed by atoms with Gasteiger partial charge >= 0.3 is 5.91 Å². The van der Waals surface area contributed by atoms with Crippen LogP contribution in [-0.2, 0) is 0 Å². The first kappa shape index (κ1) is 21.3. The quantitative estimate of drug-likeness (QED) is 0.167. The molecule has 0 aliphatic heterocycles. The van der Waals surface area contributed by atoms with Crippen LogP contribution in [0.1, 0.15) is 16.3 Å². The number of benzene rings is 2. The lowest BCUT2D eigenvalue weighted by atomic mass is 10.1. The first-order valence-electron chi connectivity index (χ1n) is 8.58. The number of amides is 1. The molecule has 8 nitrogen and oxygen atoms in total. The molecule has 2 aromatic carbocycles. The van der Waals surface area contributed by atoms with Crippen LogP contribution in [0, 0.1) is 10.1 Å². The molecule has 0 saturated carbocycles. The monoisotopic (exact) mass is 565 g/mol. The van der Waals surface area contributed by atoms with Gasteiger partial charge in [-0.25, -0.2) is 5.43 Å². The summed E-state index contributed by atoms with van der Waals surface area (Å²) in [6.45, 7) is 0. The fourth-order valence-electron chi connectivity index (χ4n) is 2.76. The van der Waals surface area contributed by atoms with E-state index in [1.807, 2.05) is 12.1 Å². The Morgan fingerprint density at radius 1 is 1.13 bits per heavy atom. The van der Waals surface area contributed by atoms with E-state index in [0.29, 0.717) is 22.7 Å². The second-order valence-electron chi connectivity index (χ2n) is 6.24. The molecule has 4 aromatic rings. The van der Waals surface area contributed by atoms with Gasteiger partial charge in [0.05, 0.1) is 16.2 Å². The molecule has 0 aliphatic carbocycles. The molecule has 0 radical (unpaired) electrons. The zero-order chi connectivity index (χ0) is 22.1. The van der Waals surface area contributed by atoms with Crippen molar-refractivity contribution in [2.75, 3.05) is 0 Å². The van der Waals surface area contributed by atoms with E-state index in [9.17, 15) is 14.9 Å². The van der Waals surface area contributed by atoms with Gasteiger partial charge in [-0.3, -0.25) is 14.9 Å². The molecule has 0 unspecified atom stereocenters. The highest BCUT2D eigenvalue weighted by Gasteiger charge is 2.19. The first-order chi connectivity index (χ1) is 14.8. The van der Waals surface area contributed by atoms with E-state index in [-0.39, 0.29) is 20.9 Å². The number of fused-ring (bicyclic) bond motifs is 1. The Hall–Kier alpha value is -2.95. The molecular weight excluding hydrogens is 557 g/mol. The Bertz CT molecular complexity index is 1360. The van der Waals surface area contributed by atoms with Gasteiger partial charge in [-0.05, 0) is 58.4 Å². The van der Waals surface area contributed by atoms with Gasteiger partial charge in [-0.1, -0.05) is 27.5 Å². The predicted molar refractivity (Wildman–Crippen MR) is 122 cm³/mol. The fraction of sp³-hybridized carbons (Fsp3) is 0. The summed E-state index contributed by atoms with van der Waals surface area (Å²) in [6, 6.07) is 13.1. The molecule has 2 heterocycles. The number of carbonyl (C=O) groups is 1. The molecule has 0 atom stereocenters. The van der Waals surface area contributed by atoms with Crippen molar-refractivity contribution in [3.63, 3.8) is 0 Å². The standard InChI is InChI=1S/C20H10Br2ClN3O5/c21-12-1-3-17-10(5-12)8-18(31-17)20(27)25-24-9-13-2-4-16(30-13)11-6-14(23)19(22)15(7-11)26(28)29/h1-9H,(H,25,27)/b24-9+. The third-order valence-electron chi connectivity index (χ3n) is 4.18. The van der Waals surface area contributed by atoms with Gasteiger partial charge in [-0.2, -0.15) is 5.10 Å². The maximum atomic E-state index is 12.2. The molecule has 1 amide bonds. The lowest BCUT2D eigenvalue weighted by molar-refractivity contribution is -0.385. The van der Waals surface area contributed by atoms with Crippen LogP contribution in [0.5, 0.6) is 0 Å². The van der Waals surface area contributed by atoms with E-state index in [4.69, 9.17) is 20.4 Å². The molecule has 11 heteroatoms. The van der Waals surface area contributed by atoms with Gasteiger partial charge in [0.15, 0.2) is 5.76 Å². The Labute approximate surface area is 196 Å². The average Bonchev–Trinajstić information content (AvgIpc) is 3.36. The third-order valence-corrected chi connectivity index (χ3v) is 6.03. The van der Waals surface area contributed by atoms with Gasteiger partial charge in [0.2, 0.25) is 0 Å². The van der Waals surface area contributed by atoms with Crippen LogP contribution in [0.15, 0.2) is 71.4 Å². The van der Waals surface area contributed by atoms with Crippen LogP contribution >= 0.6 is 43.5 Å². The molecule has 0 bridgehead atoms. The van der Waals surface area contributed by atoms with Crippen LogP contribution < -0.4 is 5.43 Å². The zero-order valence-electron chi connectivity index (χ0n) is 15.3. The predicted octanol–water partition coefficient (Wildman–Crippen LogP) is 6.54. The van der Waals surface area contributed by atoms with E-state index >= 15 is 0 Å². The first-order valence-corrected chi connectivity index (χ1v) is 10.5. The molecule has 4 rings (SSSR count). The Morgan fingerprint density at radius 3 is 2.71 bits per heavy atom. The van der Waals surface area contributed by atoms with E-state index < -0.39 is 10.8 Å². The lowest BCUT2D eigenvalue weighted by Gasteiger charge is -2.02. The van der Waals surface area contributed by atoms with Gasteiger partial charge in [0.1, 0.15) is 21.6 Å². The smallest absolute Gasteiger partial charge is 0.307 e. The number of nitro benzene ring substituents is 1. The van der Waals surface area contributed by atoms with E-state index in [1.54, 1.807) is 30.3 Å². The van der Waals surface area contributed by atoms with Crippen LogP contribution in [0.25, 0.3) is 22.3 Å². The summed E-state index contributed by atoms with van der Waals surface area (Å²) in [4.78, 5) is 22.9. The van der Waals surface area contributed by atoms with Crippen molar-refractivity contribution in [3.8, 4) is 11.3 Å². The summed E-state index contributed by atoms with van der Waals surface area (Å²) in [5.74, 6) is 0.270. The van der Waals surface area contributed by atoms with Crippen LogP contribution in [0.3, 0.4) is 0 Å². The third kappa shape index (κ3) is 4.55. The van der Waals surface area contributed by atoms with Crippen molar-refractivity contribution in [2.24, 2.45) is 5.10 Å². The molecule has 1 N–H and O–H groups in total. The number of nitrogens with zero attached hydrogens (tertiary/aromatic N) is 2. The van der Waals surface area contributed by atoms with Crippen LogP contribution in [0.2, 0.25) is 5.02 Å². The van der Waals surface area contributed by atoms with Gasteiger partial charge in [0.25, 0.3) is 5.69 Å². The number of carbonyl (C=O) groups excluding carboxylic acids is 1. The number of furan rings is 2. The summed E-state index contributed by atoms with van der Waals surface area (Å²) in [7, 11) is 0. The minimum absolute atomic E-state index is 0.113. The normalized spacial score (nSPS) is 11.3. The highest BCUT2D eigenvalue weighted by molar-refractivity contribution is 9.11. The topological polar surface area (TPSA) is 111 Å². The van der Waals surface area contributed by atoms with Gasteiger partial charge in [-0.15, -0.1) is 0 Å². The van der Waals surface area contributed by atoms with E-state index in [2.05, 4.69) is 42.4 Å². The Balaban J connectivity index is 1.48. The number of hydrogen-bond donors (Lipinski definition) is 1. The lowest BCUT2D eigenvalue weighted by Crippen LogP contribution is -2.16. The van der Waals surface area contributed by atoms with Gasteiger partial charge in [0, 0.05) is 21.5 Å². The summed E-state index contributed by atoms with van der Waals surface area (Å²) in [5.41, 5.74) is 3.19. The van der Waals surface area contributed by atoms with Crippen molar-refractivity contribution in [1.29, 1.82) is 0 Å². The second kappa shape index (κ2) is 8.66. The molecule has 0 fully saturated rings. The number of hydrazone groups is 1. The van der Waals surface area contributed by atoms with E-state index in [1.165, 1.54) is 12.3 Å². The number of halogens is 3. The van der Waals surface area contributed by atoms with Crippen LogP contribution in [-0.4, -0.2) is 17.0 Å². The summed E-state index contributed by atoms with van der Waals surface area (Å²) < 4.78 is 12.2. The SMILES string of the molecule is O=C(N/N=C/c1ccc(-c2cc(Cl)c(Br)c([N+](=O)[O-])c2)o1)c1cc2cc(Br)ccc2o1.